The summed E-state index contributed by atoms with van der Waals surface area (Å²) in [5.74, 6) is -0.496. The molecule has 5 rings (SSSR count). The van der Waals surface area contributed by atoms with Crippen molar-refractivity contribution in [3.8, 4) is 11.9 Å². The zero-order chi connectivity index (χ0) is 26.1. The molecule has 2 aliphatic rings. The van der Waals surface area contributed by atoms with E-state index in [4.69, 9.17) is 10.00 Å². The van der Waals surface area contributed by atoms with Gasteiger partial charge >= 0.3 is 0 Å². The Morgan fingerprint density at radius 2 is 2.19 bits per heavy atom. The van der Waals surface area contributed by atoms with E-state index >= 15 is 0 Å². The number of likely N-dealkylation sites (tertiary alicyclic amines) is 1. The molecular formula is C25H25F2N8O2+. The van der Waals surface area contributed by atoms with Crippen molar-refractivity contribution in [2.24, 2.45) is 22.2 Å². The van der Waals surface area contributed by atoms with Crippen LogP contribution in [0.25, 0.3) is 11.2 Å². The summed E-state index contributed by atoms with van der Waals surface area (Å²) in [4.78, 5) is 5.74. The van der Waals surface area contributed by atoms with Crippen molar-refractivity contribution in [2.45, 2.75) is 26.4 Å². The Labute approximate surface area is 211 Å². The monoisotopic (exact) mass is 507 g/mol. The summed E-state index contributed by atoms with van der Waals surface area (Å²) in [5.41, 5.74) is 2.28. The fourth-order valence-electron chi connectivity index (χ4n) is 4.60. The van der Waals surface area contributed by atoms with Crippen molar-refractivity contribution >= 4 is 17.4 Å². The van der Waals surface area contributed by atoms with Crippen LogP contribution in [0.3, 0.4) is 0 Å². The summed E-state index contributed by atoms with van der Waals surface area (Å²) < 4.78 is 37.0. The Balaban J connectivity index is 1.48. The van der Waals surface area contributed by atoms with Crippen LogP contribution in [0.1, 0.15) is 37.6 Å². The van der Waals surface area contributed by atoms with Crippen molar-refractivity contribution in [3.63, 3.8) is 0 Å². The van der Waals surface area contributed by atoms with Gasteiger partial charge in [-0.05, 0) is 30.5 Å². The normalized spacial score (nSPS) is 21.6. The van der Waals surface area contributed by atoms with Gasteiger partial charge < -0.3 is 14.7 Å². The van der Waals surface area contributed by atoms with Gasteiger partial charge in [0.2, 0.25) is 0 Å². The number of fused-ring (bicyclic) bond motifs is 1. The van der Waals surface area contributed by atoms with Crippen molar-refractivity contribution in [1.29, 1.82) is 5.26 Å². The smallest absolute Gasteiger partial charge is 0.256 e. The molecule has 3 aromatic rings. The summed E-state index contributed by atoms with van der Waals surface area (Å²) in [5, 5.41) is 31.8. The van der Waals surface area contributed by atoms with E-state index in [1.807, 2.05) is 13.1 Å². The van der Waals surface area contributed by atoms with E-state index in [0.717, 1.165) is 24.5 Å². The van der Waals surface area contributed by atoms with Crippen molar-refractivity contribution < 1.29 is 23.3 Å². The van der Waals surface area contributed by atoms with E-state index < -0.39 is 24.3 Å². The molecule has 0 bridgehead atoms. The van der Waals surface area contributed by atoms with E-state index in [1.54, 1.807) is 21.8 Å². The van der Waals surface area contributed by atoms with Crippen LogP contribution >= 0.6 is 0 Å². The Morgan fingerprint density at radius 3 is 2.89 bits per heavy atom. The third-order valence-electron chi connectivity index (χ3n) is 6.69. The van der Waals surface area contributed by atoms with Gasteiger partial charge in [-0.1, -0.05) is 6.92 Å². The van der Waals surface area contributed by atoms with E-state index in [-0.39, 0.29) is 23.1 Å². The SMILES string of the molecule is CC1=C(c2cc(O[C@H](CO)c3ccc(F)cn3)c3c(F)cnn3c2)N=N/[N+]1=C/C1CCN(C#N)C[C@@H]1C. The Hall–Kier alpha value is -4.24. The molecule has 10 nitrogen and oxygen atoms in total. The first-order chi connectivity index (χ1) is 17.9. The lowest BCUT2D eigenvalue weighted by atomic mass is 9.88. The molecule has 1 unspecified atom stereocenters. The van der Waals surface area contributed by atoms with Gasteiger partial charge in [0.1, 0.15) is 28.5 Å². The first kappa shape index (κ1) is 24.5. The van der Waals surface area contributed by atoms with Gasteiger partial charge in [-0.25, -0.2) is 13.3 Å². The number of nitriles is 1. The molecule has 37 heavy (non-hydrogen) atoms. The maximum atomic E-state index is 14.6. The number of nitrogens with zero attached hydrogens (tertiary/aromatic N) is 8. The fourth-order valence-corrected chi connectivity index (χ4v) is 4.60. The molecule has 2 aliphatic heterocycles. The largest absolute Gasteiger partial charge is 0.479 e. The first-order valence-electron chi connectivity index (χ1n) is 11.9. The summed E-state index contributed by atoms with van der Waals surface area (Å²) in [7, 11) is 0. The van der Waals surface area contributed by atoms with Crippen LogP contribution in [0.15, 0.2) is 52.8 Å². The second-order valence-corrected chi connectivity index (χ2v) is 9.16. The van der Waals surface area contributed by atoms with Crippen LogP contribution in [0.2, 0.25) is 0 Å². The maximum absolute atomic E-state index is 14.6. The zero-order valence-corrected chi connectivity index (χ0v) is 20.3. The van der Waals surface area contributed by atoms with Crippen LogP contribution in [0, 0.1) is 34.9 Å². The molecule has 0 aromatic carbocycles. The molecule has 1 saturated heterocycles. The lowest BCUT2D eigenvalue weighted by molar-refractivity contribution is -0.480. The van der Waals surface area contributed by atoms with Crippen LogP contribution in [0.4, 0.5) is 8.78 Å². The third kappa shape index (κ3) is 4.77. The molecular weight excluding hydrogens is 482 g/mol. The average molecular weight is 508 g/mol. The molecule has 5 heterocycles. The van der Waals surface area contributed by atoms with Gasteiger partial charge in [0, 0.05) is 32.1 Å². The first-order valence-corrected chi connectivity index (χ1v) is 11.9. The second kappa shape index (κ2) is 10.0. The second-order valence-electron chi connectivity index (χ2n) is 9.16. The van der Waals surface area contributed by atoms with Gasteiger partial charge in [-0.15, -0.1) is 4.68 Å². The van der Waals surface area contributed by atoms with E-state index in [0.29, 0.717) is 30.0 Å². The van der Waals surface area contributed by atoms with Gasteiger partial charge in [-0.3, -0.25) is 4.98 Å². The van der Waals surface area contributed by atoms with Crippen molar-refractivity contribution in [2.75, 3.05) is 19.7 Å². The Morgan fingerprint density at radius 1 is 1.35 bits per heavy atom. The zero-order valence-electron chi connectivity index (χ0n) is 20.3. The molecule has 1 fully saturated rings. The summed E-state index contributed by atoms with van der Waals surface area (Å²) >= 11 is 0. The highest BCUT2D eigenvalue weighted by Gasteiger charge is 2.31. The molecule has 3 atom stereocenters. The quantitative estimate of drug-likeness (QED) is 0.402. The van der Waals surface area contributed by atoms with Crippen LogP contribution < -0.4 is 4.74 Å². The maximum Gasteiger partial charge on any atom is 0.256 e. The predicted molar refractivity (Wildman–Crippen MR) is 128 cm³/mol. The molecule has 12 heteroatoms. The highest BCUT2D eigenvalue weighted by molar-refractivity contribution is 5.72. The van der Waals surface area contributed by atoms with E-state index in [2.05, 4.69) is 33.5 Å². The summed E-state index contributed by atoms with van der Waals surface area (Å²) in [6, 6.07) is 4.22. The highest BCUT2D eigenvalue weighted by atomic mass is 19.1. The van der Waals surface area contributed by atoms with E-state index in [9.17, 15) is 13.9 Å². The number of aromatic nitrogens is 3. The van der Waals surface area contributed by atoms with Crippen LogP contribution in [-0.2, 0) is 0 Å². The average Bonchev–Trinajstić information content (AvgIpc) is 3.46. The van der Waals surface area contributed by atoms with Gasteiger partial charge in [0.15, 0.2) is 23.8 Å². The number of pyridine rings is 2. The summed E-state index contributed by atoms with van der Waals surface area (Å²) in [6.07, 6.45) is 7.83. The van der Waals surface area contributed by atoms with Crippen LogP contribution in [-0.4, -0.2) is 55.2 Å². The molecule has 0 saturated carbocycles. The Kier molecular flexibility index (Phi) is 6.62. The van der Waals surface area contributed by atoms with Gasteiger partial charge in [0.25, 0.3) is 5.70 Å². The number of piperidine rings is 1. The van der Waals surface area contributed by atoms with Crippen LogP contribution in [0.5, 0.6) is 5.75 Å². The number of rotatable bonds is 6. The van der Waals surface area contributed by atoms with Crippen molar-refractivity contribution in [3.05, 3.63) is 65.4 Å². The minimum Gasteiger partial charge on any atom is -0.479 e. The Bertz CT molecular complexity index is 1460. The number of aliphatic hydroxyl groups excluding tert-OH is 1. The lowest BCUT2D eigenvalue weighted by Crippen LogP contribution is -2.37. The van der Waals surface area contributed by atoms with Crippen molar-refractivity contribution in [1.82, 2.24) is 19.5 Å². The standard InChI is InChI=1S/C25H25F2N8O2/c1-15-10-33(14-28)6-5-17(15)11-34-16(2)24(31-32-34)18-7-22(25-20(27)9-30-35(25)12-18)37-23(13-36)21-4-3-19(26)8-29-21/h3-4,7-9,11-12,15,17,23,36H,5-6,10,13H2,1-2H3/q+1/b34-11+/t15-,17?,23+/m0/s1. The topological polar surface area (TPSA) is 114 Å². The molecule has 1 N–H and O–H groups in total. The number of aliphatic hydroxyl groups is 1. The number of allylic oxidation sites excluding steroid dienone is 1. The predicted octanol–water partition coefficient (Wildman–Crippen LogP) is 3.71. The molecule has 190 valence electrons. The minimum absolute atomic E-state index is 0.0824. The number of halogens is 2. The molecule has 0 spiro atoms. The number of hydrogen-bond acceptors (Lipinski definition) is 8. The van der Waals surface area contributed by atoms with Gasteiger partial charge in [-0.2, -0.15) is 10.4 Å². The minimum atomic E-state index is -0.958. The lowest BCUT2D eigenvalue weighted by Gasteiger charge is -2.31. The van der Waals surface area contributed by atoms with E-state index in [1.165, 1.54) is 16.6 Å². The fraction of sp³-hybridized carbons (Fsp3) is 0.360. The highest BCUT2D eigenvalue weighted by Crippen LogP contribution is 2.34. The number of ether oxygens (including phenoxy) is 1. The summed E-state index contributed by atoms with van der Waals surface area (Å²) in [6.45, 7) is 4.91. The molecule has 3 aromatic heterocycles. The number of hydrogen-bond donors (Lipinski definition) is 1. The third-order valence-corrected chi connectivity index (χ3v) is 6.69. The molecule has 0 radical (unpaired) electrons. The molecule has 0 amide bonds. The molecule has 0 aliphatic carbocycles. The van der Waals surface area contributed by atoms with Gasteiger partial charge in [0.05, 0.1) is 35.4 Å².